The van der Waals surface area contributed by atoms with E-state index < -0.39 is 0 Å². The number of nitrogens with two attached hydrogens (primary N) is 1. The Labute approximate surface area is 100 Å². The summed E-state index contributed by atoms with van der Waals surface area (Å²) in [5.74, 6) is 0. The number of benzene rings is 1. The van der Waals surface area contributed by atoms with Gasteiger partial charge in [-0.05, 0) is 37.1 Å². The van der Waals surface area contributed by atoms with Crippen molar-refractivity contribution in [2.45, 2.75) is 40.5 Å². The highest BCUT2D eigenvalue weighted by atomic mass is 15.1. The van der Waals surface area contributed by atoms with Crippen LogP contribution in [0, 0.1) is 0 Å². The Morgan fingerprint density at radius 2 is 1.38 bits per heavy atom. The maximum absolute atomic E-state index is 5.66. The first-order valence-corrected chi connectivity index (χ1v) is 6.38. The van der Waals surface area contributed by atoms with E-state index in [2.05, 4.69) is 30.9 Å². The second kappa shape index (κ2) is 9.08. The Morgan fingerprint density at radius 3 is 1.75 bits per heavy atom. The summed E-state index contributed by atoms with van der Waals surface area (Å²) >= 11 is 0. The van der Waals surface area contributed by atoms with Crippen LogP contribution in [-0.4, -0.2) is 13.1 Å². The van der Waals surface area contributed by atoms with Gasteiger partial charge < -0.3 is 10.6 Å². The molecule has 0 bridgehead atoms. The lowest BCUT2D eigenvalue weighted by Crippen LogP contribution is -2.24. The van der Waals surface area contributed by atoms with Gasteiger partial charge in [-0.15, -0.1) is 0 Å². The van der Waals surface area contributed by atoms with E-state index in [1.165, 1.54) is 18.5 Å². The summed E-state index contributed by atoms with van der Waals surface area (Å²) in [4.78, 5) is 2.40. The lowest BCUT2D eigenvalue weighted by Gasteiger charge is -2.23. The molecule has 0 heterocycles. The van der Waals surface area contributed by atoms with E-state index in [-0.39, 0.29) is 0 Å². The van der Waals surface area contributed by atoms with Crippen LogP contribution in [0.2, 0.25) is 0 Å². The van der Waals surface area contributed by atoms with Gasteiger partial charge in [-0.2, -0.15) is 0 Å². The Balaban J connectivity index is 0.00000106. The minimum absolute atomic E-state index is 0.835. The molecule has 1 aromatic rings. The van der Waals surface area contributed by atoms with Crippen molar-refractivity contribution < 1.29 is 0 Å². The smallest absolute Gasteiger partial charge is 0.0367 e. The Bertz CT molecular complexity index is 248. The molecule has 2 N–H and O–H groups in total. The van der Waals surface area contributed by atoms with Crippen LogP contribution in [0.1, 0.15) is 40.5 Å². The molecule has 1 rings (SSSR count). The van der Waals surface area contributed by atoms with Crippen LogP contribution in [-0.2, 0) is 0 Å². The molecule has 92 valence electrons. The fourth-order valence-corrected chi connectivity index (χ4v) is 1.59. The monoisotopic (exact) mass is 222 g/mol. The zero-order chi connectivity index (χ0) is 12.4. The standard InChI is InChI=1S/C12H20N2.C2H6/c1-3-9-14(10-4-2)12-7-5-11(13)6-8-12;1-2/h5-8H,3-4,9-10,13H2,1-2H3;1-2H3. The van der Waals surface area contributed by atoms with E-state index in [0.717, 1.165) is 18.8 Å². The first-order chi connectivity index (χ1) is 7.77. The molecule has 0 fully saturated rings. The van der Waals surface area contributed by atoms with Crippen molar-refractivity contribution in [1.82, 2.24) is 0 Å². The van der Waals surface area contributed by atoms with Crippen molar-refractivity contribution in [3.8, 4) is 0 Å². The Kier molecular flexibility index (Phi) is 8.41. The first kappa shape index (κ1) is 14.8. The molecule has 0 atom stereocenters. The van der Waals surface area contributed by atoms with Crippen molar-refractivity contribution in [3.05, 3.63) is 24.3 Å². The largest absolute Gasteiger partial charge is 0.399 e. The molecule has 0 aliphatic rings. The van der Waals surface area contributed by atoms with Crippen molar-refractivity contribution in [2.24, 2.45) is 0 Å². The molecule has 1 aromatic carbocycles. The van der Waals surface area contributed by atoms with Crippen LogP contribution < -0.4 is 10.6 Å². The average molecular weight is 222 g/mol. The minimum atomic E-state index is 0.835. The van der Waals surface area contributed by atoms with E-state index in [4.69, 9.17) is 5.73 Å². The molecule has 16 heavy (non-hydrogen) atoms. The van der Waals surface area contributed by atoms with Gasteiger partial charge in [-0.3, -0.25) is 0 Å². The van der Waals surface area contributed by atoms with Crippen molar-refractivity contribution in [2.75, 3.05) is 23.7 Å². The molecule has 0 aliphatic carbocycles. The molecule has 0 amide bonds. The fraction of sp³-hybridized carbons (Fsp3) is 0.571. The number of nitrogen functional groups attached to an aromatic ring is 1. The lowest BCUT2D eigenvalue weighted by molar-refractivity contribution is 0.745. The molecule has 0 unspecified atom stereocenters. The summed E-state index contributed by atoms with van der Waals surface area (Å²) in [6.07, 6.45) is 2.37. The highest BCUT2D eigenvalue weighted by Gasteiger charge is 2.02. The van der Waals surface area contributed by atoms with E-state index >= 15 is 0 Å². The average Bonchev–Trinajstić information content (AvgIpc) is 2.32. The van der Waals surface area contributed by atoms with Gasteiger partial charge in [0, 0.05) is 24.5 Å². The molecular formula is C14H26N2. The van der Waals surface area contributed by atoms with Crippen LogP contribution in [0.15, 0.2) is 24.3 Å². The maximum atomic E-state index is 5.66. The lowest BCUT2D eigenvalue weighted by atomic mass is 10.2. The second-order valence-corrected chi connectivity index (χ2v) is 3.58. The van der Waals surface area contributed by atoms with Crippen LogP contribution in [0.3, 0.4) is 0 Å². The van der Waals surface area contributed by atoms with Gasteiger partial charge in [-0.25, -0.2) is 0 Å². The van der Waals surface area contributed by atoms with E-state index in [9.17, 15) is 0 Å². The minimum Gasteiger partial charge on any atom is -0.399 e. The summed E-state index contributed by atoms with van der Waals surface area (Å²) in [5, 5.41) is 0. The van der Waals surface area contributed by atoms with Gasteiger partial charge in [-0.1, -0.05) is 27.7 Å². The third-order valence-corrected chi connectivity index (χ3v) is 2.25. The molecular weight excluding hydrogens is 196 g/mol. The topological polar surface area (TPSA) is 29.3 Å². The van der Waals surface area contributed by atoms with Crippen molar-refractivity contribution in [3.63, 3.8) is 0 Å². The third kappa shape index (κ3) is 5.06. The zero-order valence-corrected chi connectivity index (χ0v) is 11.2. The molecule has 0 saturated heterocycles. The predicted octanol–water partition coefficient (Wildman–Crippen LogP) is 3.92. The molecule has 0 saturated carbocycles. The first-order valence-electron chi connectivity index (χ1n) is 6.38. The molecule has 0 spiro atoms. The molecule has 0 radical (unpaired) electrons. The number of nitrogens with zero attached hydrogens (tertiary/aromatic N) is 1. The summed E-state index contributed by atoms with van der Waals surface area (Å²) < 4.78 is 0. The molecule has 2 nitrogen and oxygen atoms in total. The number of rotatable bonds is 5. The van der Waals surface area contributed by atoms with E-state index in [0.29, 0.717) is 0 Å². The predicted molar refractivity (Wildman–Crippen MR) is 75.0 cm³/mol. The highest BCUT2D eigenvalue weighted by molar-refractivity contribution is 5.52. The summed E-state index contributed by atoms with van der Waals surface area (Å²) in [5.41, 5.74) is 7.77. The summed E-state index contributed by atoms with van der Waals surface area (Å²) in [7, 11) is 0. The quantitative estimate of drug-likeness (QED) is 0.765. The molecule has 0 aromatic heterocycles. The molecule has 2 heteroatoms. The van der Waals surface area contributed by atoms with Gasteiger partial charge >= 0.3 is 0 Å². The normalized spacial score (nSPS) is 9.25. The van der Waals surface area contributed by atoms with Gasteiger partial charge in [0.1, 0.15) is 0 Å². The number of anilines is 2. The zero-order valence-electron chi connectivity index (χ0n) is 11.2. The van der Waals surface area contributed by atoms with Crippen molar-refractivity contribution >= 4 is 11.4 Å². The van der Waals surface area contributed by atoms with Crippen molar-refractivity contribution in [1.29, 1.82) is 0 Å². The van der Waals surface area contributed by atoms with Gasteiger partial charge in [0.25, 0.3) is 0 Å². The van der Waals surface area contributed by atoms with Crippen LogP contribution in [0.4, 0.5) is 11.4 Å². The summed E-state index contributed by atoms with van der Waals surface area (Å²) in [6.45, 7) is 10.7. The van der Waals surface area contributed by atoms with Crippen LogP contribution in [0.25, 0.3) is 0 Å². The fourth-order valence-electron chi connectivity index (χ4n) is 1.59. The molecule has 0 aliphatic heterocycles. The van der Waals surface area contributed by atoms with Gasteiger partial charge in [0.05, 0.1) is 0 Å². The van der Waals surface area contributed by atoms with E-state index in [1.807, 2.05) is 26.0 Å². The van der Waals surface area contributed by atoms with E-state index in [1.54, 1.807) is 0 Å². The van der Waals surface area contributed by atoms with Crippen LogP contribution in [0.5, 0.6) is 0 Å². The van der Waals surface area contributed by atoms with Crippen LogP contribution >= 0.6 is 0 Å². The summed E-state index contributed by atoms with van der Waals surface area (Å²) in [6, 6.07) is 8.13. The van der Waals surface area contributed by atoms with Gasteiger partial charge in [0.2, 0.25) is 0 Å². The SMILES string of the molecule is CC.CCCN(CCC)c1ccc(N)cc1. The Morgan fingerprint density at radius 1 is 0.938 bits per heavy atom. The van der Waals surface area contributed by atoms with Gasteiger partial charge in [0.15, 0.2) is 0 Å². The number of hydrogen-bond donors (Lipinski definition) is 1. The second-order valence-electron chi connectivity index (χ2n) is 3.58. The maximum Gasteiger partial charge on any atom is 0.0367 e. The number of hydrogen-bond acceptors (Lipinski definition) is 2. The third-order valence-electron chi connectivity index (χ3n) is 2.25. The highest BCUT2D eigenvalue weighted by Crippen LogP contribution is 2.16. The Hall–Kier alpha value is -1.18.